The third kappa shape index (κ3) is 7.13. The van der Waals surface area contributed by atoms with Gasteiger partial charge in [0.25, 0.3) is 5.91 Å². The monoisotopic (exact) mass is 506 g/mol. The number of phenols is 2. The molecule has 8 nitrogen and oxygen atoms in total. The van der Waals surface area contributed by atoms with Gasteiger partial charge in [0.1, 0.15) is 17.0 Å². The van der Waals surface area contributed by atoms with Crippen molar-refractivity contribution in [3.8, 4) is 11.5 Å². The zero-order valence-electron chi connectivity index (χ0n) is 22.5. The minimum atomic E-state index is -1.24. The van der Waals surface area contributed by atoms with Crippen LogP contribution in [0.2, 0.25) is 0 Å². The number of hydrogen-bond acceptors (Lipinski definition) is 6. The molecule has 0 radical (unpaired) electrons. The number of aromatic hydroxyl groups is 2. The summed E-state index contributed by atoms with van der Waals surface area (Å²) in [4.78, 5) is 29.2. The average Bonchev–Trinajstić information content (AvgIpc) is 2.85. The van der Waals surface area contributed by atoms with Gasteiger partial charge in [0.15, 0.2) is 0 Å². The summed E-state index contributed by atoms with van der Waals surface area (Å²) in [7, 11) is 0. The van der Waals surface area contributed by atoms with Crippen LogP contribution < -0.4 is 0 Å². The van der Waals surface area contributed by atoms with Gasteiger partial charge in [-0.15, -0.1) is 0 Å². The van der Waals surface area contributed by atoms with Gasteiger partial charge >= 0.3 is 5.97 Å². The molecule has 0 spiro atoms. The number of aliphatic hydroxyl groups excluding tert-OH is 1. The summed E-state index contributed by atoms with van der Waals surface area (Å²) in [5.74, 6) is -1.03. The normalized spacial score (nSPS) is 16.5. The molecule has 1 saturated heterocycles. The molecular formula is C28H46N2O6. The lowest BCUT2D eigenvalue weighted by molar-refractivity contribution is -0.156. The summed E-state index contributed by atoms with van der Waals surface area (Å²) in [5, 5.41) is 40.6. The fourth-order valence-electron chi connectivity index (χ4n) is 5.17. The molecule has 0 unspecified atom stereocenters. The number of nitrogens with zero attached hydrogens (tertiary/aromatic N) is 2. The second kappa shape index (κ2) is 13.8. The Morgan fingerprint density at radius 3 is 2.22 bits per heavy atom. The van der Waals surface area contributed by atoms with Gasteiger partial charge in [-0.05, 0) is 68.7 Å². The van der Waals surface area contributed by atoms with Gasteiger partial charge in [0.05, 0.1) is 12.2 Å². The number of rotatable bonds is 14. The number of unbranched alkanes of at least 4 members (excludes halogenated alkanes) is 2. The predicted molar refractivity (Wildman–Crippen MR) is 141 cm³/mol. The van der Waals surface area contributed by atoms with Gasteiger partial charge in [-0.1, -0.05) is 47.0 Å². The van der Waals surface area contributed by atoms with E-state index >= 15 is 0 Å². The van der Waals surface area contributed by atoms with Crippen molar-refractivity contribution in [1.82, 2.24) is 9.80 Å². The SMILES string of the molecule is CCCCN(CCC1CCN(C(=O)c2cc(C(C)C)c(O)cc2O)CC1)[C@](CO)(CCCC)C(=O)O. The number of amides is 1. The predicted octanol–water partition coefficient (Wildman–Crippen LogP) is 4.57. The van der Waals surface area contributed by atoms with Crippen molar-refractivity contribution in [3.63, 3.8) is 0 Å². The van der Waals surface area contributed by atoms with E-state index < -0.39 is 18.1 Å². The van der Waals surface area contributed by atoms with Crippen LogP contribution in [0.4, 0.5) is 0 Å². The van der Waals surface area contributed by atoms with Crippen LogP contribution in [0.1, 0.15) is 101 Å². The fourth-order valence-corrected chi connectivity index (χ4v) is 5.17. The third-order valence-corrected chi connectivity index (χ3v) is 7.70. The number of carboxylic acid groups (broad SMARTS) is 1. The smallest absolute Gasteiger partial charge is 0.326 e. The Balaban J connectivity index is 2.04. The van der Waals surface area contributed by atoms with E-state index in [9.17, 15) is 30.0 Å². The van der Waals surface area contributed by atoms with Gasteiger partial charge in [-0.25, -0.2) is 0 Å². The highest BCUT2D eigenvalue weighted by molar-refractivity contribution is 5.97. The molecule has 36 heavy (non-hydrogen) atoms. The molecule has 1 atom stereocenters. The number of phenolic OH excluding ortho intramolecular Hbond substituents is 2. The van der Waals surface area contributed by atoms with E-state index in [2.05, 4.69) is 6.92 Å². The summed E-state index contributed by atoms with van der Waals surface area (Å²) >= 11 is 0. The van der Waals surface area contributed by atoms with Crippen molar-refractivity contribution < 1.29 is 30.0 Å². The molecular weight excluding hydrogens is 460 g/mol. The highest BCUT2D eigenvalue weighted by atomic mass is 16.4. The van der Waals surface area contributed by atoms with Crippen LogP contribution in [0.25, 0.3) is 0 Å². The van der Waals surface area contributed by atoms with E-state index in [4.69, 9.17) is 0 Å². The van der Waals surface area contributed by atoms with Gasteiger partial charge in [0.2, 0.25) is 0 Å². The van der Waals surface area contributed by atoms with Gasteiger partial charge in [-0.3, -0.25) is 14.5 Å². The van der Waals surface area contributed by atoms with E-state index in [1.54, 1.807) is 11.0 Å². The lowest BCUT2D eigenvalue weighted by Crippen LogP contribution is -2.58. The topological polar surface area (TPSA) is 122 Å². The molecule has 1 aromatic rings. The van der Waals surface area contributed by atoms with E-state index in [1.807, 2.05) is 25.7 Å². The number of benzene rings is 1. The number of carbonyl (C=O) groups is 2. The summed E-state index contributed by atoms with van der Waals surface area (Å²) < 4.78 is 0. The van der Waals surface area contributed by atoms with Gasteiger partial charge < -0.3 is 25.3 Å². The van der Waals surface area contributed by atoms with E-state index in [0.717, 1.165) is 44.9 Å². The van der Waals surface area contributed by atoms with Crippen LogP contribution >= 0.6 is 0 Å². The Labute approximate surface area is 215 Å². The maximum atomic E-state index is 13.1. The first-order chi connectivity index (χ1) is 17.1. The van der Waals surface area contributed by atoms with Crippen LogP contribution in [0, 0.1) is 5.92 Å². The maximum absolute atomic E-state index is 13.1. The average molecular weight is 507 g/mol. The van der Waals surface area contributed by atoms with Crippen molar-refractivity contribution >= 4 is 11.9 Å². The van der Waals surface area contributed by atoms with E-state index in [0.29, 0.717) is 44.1 Å². The van der Waals surface area contributed by atoms with Crippen LogP contribution in [-0.2, 0) is 4.79 Å². The molecule has 1 fully saturated rings. The molecule has 0 aliphatic carbocycles. The molecule has 0 bridgehead atoms. The number of carbonyl (C=O) groups excluding carboxylic acids is 1. The highest BCUT2D eigenvalue weighted by Crippen LogP contribution is 2.34. The van der Waals surface area contributed by atoms with Crippen molar-refractivity contribution in [2.45, 2.75) is 90.5 Å². The lowest BCUT2D eigenvalue weighted by Gasteiger charge is -2.41. The maximum Gasteiger partial charge on any atom is 0.326 e. The molecule has 1 aliphatic rings. The van der Waals surface area contributed by atoms with Crippen molar-refractivity contribution in [3.05, 3.63) is 23.3 Å². The van der Waals surface area contributed by atoms with Crippen LogP contribution in [-0.4, -0.2) is 80.4 Å². The Bertz CT molecular complexity index is 866. The van der Waals surface area contributed by atoms with E-state index in [-0.39, 0.29) is 28.9 Å². The molecule has 0 saturated carbocycles. The van der Waals surface area contributed by atoms with Crippen molar-refractivity contribution in [2.75, 3.05) is 32.8 Å². The Morgan fingerprint density at radius 1 is 1.06 bits per heavy atom. The largest absolute Gasteiger partial charge is 0.508 e. The lowest BCUT2D eigenvalue weighted by atomic mass is 9.88. The molecule has 2 rings (SSSR count). The first-order valence-electron chi connectivity index (χ1n) is 13.6. The Kier molecular flexibility index (Phi) is 11.5. The summed E-state index contributed by atoms with van der Waals surface area (Å²) in [6.45, 7) is 9.93. The molecule has 1 heterocycles. The molecule has 204 valence electrons. The molecule has 1 aliphatic heterocycles. The number of carboxylic acids is 1. The number of aliphatic carboxylic acids is 1. The number of hydrogen-bond donors (Lipinski definition) is 4. The van der Waals surface area contributed by atoms with Crippen molar-refractivity contribution in [1.29, 1.82) is 0 Å². The number of piperidine rings is 1. The molecule has 8 heteroatoms. The fraction of sp³-hybridized carbons (Fsp3) is 0.714. The minimum Gasteiger partial charge on any atom is -0.508 e. The molecule has 4 N–H and O–H groups in total. The van der Waals surface area contributed by atoms with Gasteiger partial charge in [-0.2, -0.15) is 0 Å². The molecule has 0 aromatic heterocycles. The third-order valence-electron chi connectivity index (χ3n) is 7.70. The van der Waals surface area contributed by atoms with Crippen LogP contribution in [0.5, 0.6) is 11.5 Å². The quantitative estimate of drug-likeness (QED) is 0.292. The summed E-state index contributed by atoms with van der Waals surface area (Å²) in [5.41, 5.74) is -0.398. The first-order valence-corrected chi connectivity index (χ1v) is 13.6. The minimum absolute atomic E-state index is 0.00959. The number of aliphatic hydroxyl groups is 1. The van der Waals surface area contributed by atoms with E-state index in [1.165, 1.54) is 6.07 Å². The summed E-state index contributed by atoms with van der Waals surface area (Å²) in [6.07, 6.45) is 6.30. The zero-order valence-corrected chi connectivity index (χ0v) is 22.5. The molecule has 1 amide bonds. The van der Waals surface area contributed by atoms with Crippen molar-refractivity contribution in [2.24, 2.45) is 5.92 Å². The highest BCUT2D eigenvalue weighted by Gasteiger charge is 2.43. The van der Waals surface area contributed by atoms with Gasteiger partial charge in [0, 0.05) is 19.2 Å². The Hall–Kier alpha value is -2.32. The molecule has 1 aromatic carbocycles. The first kappa shape index (κ1) is 29.9. The van der Waals surface area contributed by atoms with Crippen LogP contribution in [0.3, 0.4) is 0 Å². The van der Waals surface area contributed by atoms with Crippen LogP contribution in [0.15, 0.2) is 12.1 Å². The standard InChI is InChI=1S/C28H46N2O6/c1-5-7-12-28(19-31,27(35)36)30(13-8-6-2)16-11-21-9-14-29(15-10-21)26(34)23-17-22(20(3)4)24(32)18-25(23)33/h17-18,20-21,31-33H,5-16,19H2,1-4H3,(H,35,36)/t28-/m0/s1. The second-order valence-electron chi connectivity index (χ2n) is 10.5. The second-order valence-corrected chi connectivity index (χ2v) is 10.5. The Morgan fingerprint density at radius 2 is 1.69 bits per heavy atom. The number of likely N-dealkylation sites (tertiary alicyclic amines) is 1. The summed E-state index contributed by atoms with van der Waals surface area (Å²) in [6, 6.07) is 2.83. The zero-order chi connectivity index (χ0) is 26.9.